The van der Waals surface area contributed by atoms with Gasteiger partial charge in [0.25, 0.3) is 0 Å². The largest absolute Gasteiger partial charge is 0.184 e. The number of halogens is 3. The van der Waals surface area contributed by atoms with Gasteiger partial charge in [-0.15, -0.1) is 38.2 Å². The van der Waals surface area contributed by atoms with Gasteiger partial charge in [-0.2, -0.15) is 95.6 Å². The van der Waals surface area contributed by atoms with Gasteiger partial charge >= 0.3 is 28.4 Å². The predicted molar refractivity (Wildman–Crippen MR) is 223 cm³/mol. The van der Waals surface area contributed by atoms with E-state index in [9.17, 15) is 0 Å². The van der Waals surface area contributed by atoms with Crippen molar-refractivity contribution in [3.63, 3.8) is 0 Å². The molecule has 0 radical (unpaired) electrons. The zero-order valence-corrected chi connectivity index (χ0v) is 36.5. The Morgan fingerprint density at radius 3 is 1.98 bits per heavy atom. The Kier molecular flexibility index (Phi) is 17.0. The molecule has 3 aromatic rings. The van der Waals surface area contributed by atoms with Crippen molar-refractivity contribution >= 4 is 46.2 Å². The molecule has 5 aliphatic carbocycles. The van der Waals surface area contributed by atoms with E-state index < -0.39 is 0 Å². The van der Waals surface area contributed by atoms with Crippen LogP contribution in [0.3, 0.4) is 0 Å². The summed E-state index contributed by atoms with van der Waals surface area (Å²) in [5.41, 5.74) is 10.3. The average Bonchev–Trinajstić information content (AvgIpc) is 3.83. The van der Waals surface area contributed by atoms with E-state index in [1.54, 1.807) is 34.3 Å². The number of hydrogen-bond donors (Lipinski definition) is 0. The van der Waals surface area contributed by atoms with Gasteiger partial charge in [-0.05, 0) is 40.6 Å². The summed E-state index contributed by atoms with van der Waals surface area (Å²) in [5.74, 6) is 2.24. The van der Waals surface area contributed by atoms with Crippen LogP contribution in [0.4, 0.5) is 0 Å². The molecule has 3 aromatic carbocycles. The Balaban J connectivity index is 0.000000333. The molecule has 0 nitrogen and oxygen atoms in total. The van der Waals surface area contributed by atoms with Gasteiger partial charge in [-0.3, -0.25) is 6.08 Å². The van der Waals surface area contributed by atoms with E-state index in [1.807, 2.05) is 60.7 Å². The first kappa shape index (κ1) is 45.0. The summed E-state index contributed by atoms with van der Waals surface area (Å²) in [5, 5.41) is 0.738. The molecule has 1 saturated carbocycles. The molecule has 5 aliphatic rings. The van der Waals surface area contributed by atoms with E-state index in [1.165, 1.54) is 48.2 Å². The molecular weight excluding hydrogens is 762 g/mol. The number of benzene rings is 3. The normalized spacial score (nSPS) is 22.8. The maximum absolute atomic E-state index is 5.51. The first-order valence-corrected chi connectivity index (χ1v) is 19.7. The van der Waals surface area contributed by atoms with Crippen molar-refractivity contribution in [3.8, 4) is 0 Å². The number of rotatable bonds is 0. The number of fused-ring (bicyclic) bond motifs is 6. The van der Waals surface area contributed by atoms with Gasteiger partial charge in [0.2, 0.25) is 0 Å². The van der Waals surface area contributed by atoms with Crippen LogP contribution in [0.1, 0.15) is 85.8 Å². The Morgan fingerprint density at radius 1 is 0.824 bits per heavy atom. The Labute approximate surface area is 342 Å². The van der Waals surface area contributed by atoms with Crippen molar-refractivity contribution < 1.29 is 24.2 Å². The van der Waals surface area contributed by atoms with Crippen LogP contribution in [0, 0.1) is 51.7 Å². The molecule has 0 amide bonds. The van der Waals surface area contributed by atoms with Crippen LogP contribution in [0.15, 0.2) is 126 Å². The van der Waals surface area contributed by atoms with Gasteiger partial charge in [-0.1, -0.05) is 118 Å². The number of allylic oxidation sites excluding steroid dienone is 10. The van der Waals surface area contributed by atoms with Gasteiger partial charge in [0.15, 0.2) is 0 Å². The summed E-state index contributed by atoms with van der Waals surface area (Å²) in [6, 6.07) is 31.7. The van der Waals surface area contributed by atoms with E-state index >= 15 is 0 Å². The summed E-state index contributed by atoms with van der Waals surface area (Å²) in [4.78, 5) is 0. The van der Waals surface area contributed by atoms with Crippen LogP contribution in [-0.4, -0.2) is 4.21 Å². The van der Waals surface area contributed by atoms with Crippen LogP contribution in [0.5, 0.6) is 0 Å². The molecule has 2 atom stereocenters. The van der Waals surface area contributed by atoms with Gasteiger partial charge < -0.3 is 0 Å². The molecule has 4 heteroatoms. The van der Waals surface area contributed by atoms with Crippen molar-refractivity contribution in [2.45, 2.75) is 81.1 Å². The first-order chi connectivity index (χ1) is 23.4. The van der Waals surface area contributed by atoms with Crippen LogP contribution in [0.25, 0.3) is 5.57 Å². The van der Waals surface area contributed by atoms with Gasteiger partial charge in [-0.25, -0.2) is 18.1 Å². The fraction of sp³-hybridized carbons (Fsp3) is 0.362. The fourth-order valence-electron chi connectivity index (χ4n) is 8.62. The monoisotopic (exact) mass is 814 g/mol. The van der Waals surface area contributed by atoms with E-state index in [4.69, 9.17) is 11.6 Å². The van der Waals surface area contributed by atoms with Crippen molar-refractivity contribution in [3.05, 3.63) is 166 Å². The van der Waals surface area contributed by atoms with Gasteiger partial charge in [0, 0.05) is 0 Å². The predicted octanol–water partition coefficient (Wildman–Crippen LogP) is 13.7. The minimum absolute atomic E-state index is 0. The van der Waals surface area contributed by atoms with Crippen molar-refractivity contribution in [2.24, 2.45) is 27.6 Å². The van der Waals surface area contributed by atoms with Crippen LogP contribution in [0.2, 0.25) is 5.02 Å². The number of hydrogen-bond acceptors (Lipinski definition) is 0. The van der Waals surface area contributed by atoms with E-state index in [2.05, 4.69) is 120 Å². The zero-order chi connectivity index (χ0) is 35.9. The minimum Gasteiger partial charge on any atom is -0.184 e. The second-order valence-corrected chi connectivity index (χ2v) is 15.5. The molecule has 0 bridgehead atoms. The van der Waals surface area contributed by atoms with Gasteiger partial charge in [0.05, 0.1) is 0 Å². The molecular formula is C47H55Cl3Zr-4. The van der Waals surface area contributed by atoms with Crippen molar-refractivity contribution in [2.75, 3.05) is 0 Å². The molecule has 0 aliphatic heterocycles. The molecule has 8 rings (SSSR count). The third-order valence-electron chi connectivity index (χ3n) is 12.7. The summed E-state index contributed by atoms with van der Waals surface area (Å²) >= 11 is 6.81. The molecule has 0 heterocycles. The second kappa shape index (κ2) is 19.3. The zero-order valence-electron chi connectivity index (χ0n) is 31.7. The maximum atomic E-state index is 5.51. The fourth-order valence-corrected chi connectivity index (χ4v) is 8.76. The van der Waals surface area contributed by atoms with Crippen molar-refractivity contribution in [1.29, 1.82) is 0 Å². The summed E-state index contributed by atoms with van der Waals surface area (Å²) in [6.07, 6.45) is 18.5. The molecule has 0 N–H and O–H groups in total. The second-order valence-electron chi connectivity index (χ2n) is 15.1. The standard InChI is InChI=1S/C29H37.C6H4Cl.C6H5.C5H5.CH2.2ClH.Zr/c1-18-25-22-17-19-13-9-10-14-20(19)24(22)21-15-11-12-16-23(21)29(25,8)28(6,7)27(4,5)26(18,2)3;7-6-4-2-1-3-5-6;1-2-4-6-5-3-1;1-2-4-5-3-1;;;;/h9-11,13-15,23H,12,16-17H2,1-8H3;1-2,4-5H;1-5H;1-3H,4H2;1H2;2*1H;/q4*-1;;;;. The minimum atomic E-state index is 0. The van der Waals surface area contributed by atoms with Crippen LogP contribution < -0.4 is 0 Å². The molecule has 51 heavy (non-hydrogen) atoms. The molecule has 0 aromatic heterocycles. The molecule has 272 valence electrons. The van der Waals surface area contributed by atoms with Crippen LogP contribution in [-0.2, 0) is 30.7 Å². The quantitative estimate of drug-likeness (QED) is 0.198. The topological polar surface area (TPSA) is 0 Å². The third-order valence-corrected chi connectivity index (χ3v) is 12.9. The third kappa shape index (κ3) is 8.65. The van der Waals surface area contributed by atoms with E-state index in [0.717, 1.165) is 17.9 Å². The van der Waals surface area contributed by atoms with Gasteiger partial charge in [0.1, 0.15) is 0 Å². The summed E-state index contributed by atoms with van der Waals surface area (Å²) in [7, 11) is 0. The molecule has 0 spiro atoms. The Hall–Kier alpha value is -2.15. The van der Waals surface area contributed by atoms with Crippen LogP contribution >= 0.6 is 36.4 Å². The Bertz CT molecular complexity index is 1670. The first-order valence-electron chi connectivity index (χ1n) is 17.5. The molecule has 1 fully saturated rings. The molecule has 2 unspecified atom stereocenters. The molecule has 0 saturated heterocycles. The van der Waals surface area contributed by atoms with E-state index in [-0.39, 0.29) is 46.5 Å². The maximum Gasteiger partial charge on any atom is -0.171 e. The van der Waals surface area contributed by atoms with E-state index in [0.29, 0.717) is 5.92 Å². The average molecular weight is 818 g/mol. The smallest absolute Gasteiger partial charge is 0.171 e. The Morgan fingerprint density at radius 2 is 1.49 bits per heavy atom. The summed E-state index contributed by atoms with van der Waals surface area (Å²) < 4.78 is 3.34. The SMILES string of the molecule is C[C-]1C2=C3Cc4ccccc4C3=C3C=CCCC3C2(C)C(C)(C)C(C)(C)C1(C)C.Cl.Cl.Clc1c[c-]ccc1.[C-]1=CC=CC1.[CH2]=[Zr].[c-]1ccccc1. The van der Waals surface area contributed by atoms with Crippen molar-refractivity contribution in [1.82, 2.24) is 0 Å². The summed E-state index contributed by atoms with van der Waals surface area (Å²) in [6.45, 7) is 20.3.